The molecule has 0 saturated heterocycles. The second-order valence-electron chi connectivity index (χ2n) is 4.23. The summed E-state index contributed by atoms with van der Waals surface area (Å²) in [5.74, 6) is -0.361. The Kier molecular flexibility index (Phi) is 4.90. The molecule has 0 atom stereocenters. The molecule has 0 amide bonds. The summed E-state index contributed by atoms with van der Waals surface area (Å²) < 4.78 is 4.63. The Balaban J connectivity index is 2.37. The van der Waals surface area contributed by atoms with E-state index < -0.39 is 0 Å². The Bertz CT molecular complexity index is 610. The van der Waals surface area contributed by atoms with Crippen molar-refractivity contribution in [2.45, 2.75) is 0 Å². The maximum Gasteiger partial charge on any atom is 0.330 e. The molecule has 0 aliphatic carbocycles. The van der Waals surface area contributed by atoms with Crippen LogP contribution in [0.25, 0.3) is 11.6 Å². The van der Waals surface area contributed by atoms with Gasteiger partial charge in [-0.25, -0.2) is 4.79 Å². The number of hydrogen-bond donors (Lipinski definition) is 0. The van der Waals surface area contributed by atoms with Crippen molar-refractivity contribution in [3.05, 3.63) is 83.9 Å². The van der Waals surface area contributed by atoms with Gasteiger partial charge < -0.3 is 4.74 Å². The van der Waals surface area contributed by atoms with E-state index in [0.29, 0.717) is 0 Å². The van der Waals surface area contributed by atoms with Gasteiger partial charge in [-0.15, -0.1) is 0 Å². The summed E-state index contributed by atoms with van der Waals surface area (Å²) >= 11 is 0. The molecule has 0 aromatic heterocycles. The molecule has 0 radical (unpaired) electrons. The third-order valence-corrected chi connectivity index (χ3v) is 2.83. The van der Waals surface area contributed by atoms with E-state index in [-0.39, 0.29) is 5.97 Å². The zero-order chi connectivity index (χ0) is 14.2. The largest absolute Gasteiger partial charge is 0.466 e. The van der Waals surface area contributed by atoms with E-state index in [1.54, 1.807) is 6.08 Å². The molecule has 0 spiro atoms. The van der Waals surface area contributed by atoms with Gasteiger partial charge in [0.15, 0.2) is 0 Å². The van der Waals surface area contributed by atoms with Crippen LogP contribution in [-0.4, -0.2) is 13.1 Å². The van der Waals surface area contributed by atoms with Crippen molar-refractivity contribution in [1.29, 1.82) is 0 Å². The van der Waals surface area contributed by atoms with Gasteiger partial charge in [-0.2, -0.15) is 0 Å². The number of carbonyl (C=O) groups excluding carboxylic acids is 1. The van der Waals surface area contributed by atoms with Crippen molar-refractivity contribution in [2.75, 3.05) is 7.11 Å². The molecule has 2 aromatic carbocycles. The summed E-state index contributed by atoms with van der Waals surface area (Å²) in [7, 11) is 1.37. The van der Waals surface area contributed by atoms with E-state index in [1.165, 1.54) is 13.2 Å². The highest BCUT2D eigenvalue weighted by atomic mass is 16.5. The number of allylic oxidation sites excluding steroid dienone is 2. The predicted molar refractivity (Wildman–Crippen MR) is 81.9 cm³/mol. The topological polar surface area (TPSA) is 26.3 Å². The zero-order valence-corrected chi connectivity index (χ0v) is 11.3. The van der Waals surface area contributed by atoms with E-state index >= 15 is 0 Å². The summed E-state index contributed by atoms with van der Waals surface area (Å²) in [6.45, 7) is 0. The molecule has 0 N–H and O–H groups in total. The fraction of sp³-hybridized carbons (Fsp3) is 0.0556. The van der Waals surface area contributed by atoms with Crippen molar-refractivity contribution in [3.8, 4) is 0 Å². The van der Waals surface area contributed by atoms with E-state index in [1.807, 2.05) is 66.7 Å². The Morgan fingerprint density at radius 3 is 2.10 bits per heavy atom. The van der Waals surface area contributed by atoms with Crippen LogP contribution in [-0.2, 0) is 9.53 Å². The van der Waals surface area contributed by atoms with Crippen LogP contribution in [0.1, 0.15) is 11.1 Å². The van der Waals surface area contributed by atoms with E-state index in [9.17, 15) is 4.79 Å². The first-order valence-corrected chi connectivity index (χ1v) is 6.38. The Labute approximate surface area is 119 Å². The highest BCUT2D eigenvalue weighted by molar-refractivity contribution is 5.92. The molecule has 0 aliphatic heterocycles. The van der Waals surface area contributed by atoms with E-state index in [2.05, 4.69) is 4.74 Å². The number of carbonyl (C=O) groups is 1. The number of esters is 1. The molecule has 100 valence electrons. The first kappa shape index (κ1) is 13.8. The second-order valence-corrected chi connectivity index (χ2v) is 4.23. The van der Waals surface area contributed by atoms with Gasteiger partial charge in [-0.05, 0) is 28.9 Å². The van der Waals surface area contributed by atoms with Gasteiger partial charge in [0.25, 0.3) is 0 Å². The van der Waals surface area contributed by atoms with Crippen LogP contribution in [0.15, 0.2) is 72.8 Å². The van der Waals surface area contributed by atoms with Crippen LogP contribution >= 0.6 is 0 Å². The van der Waals surface area contributed by atoms with Crippen LogP contribution in [0, 0.1) is 0 Å². The molecule has 0 fully saturated rings. The molecule has 20 heavy (non-hydrogen) atoms. The van der Waals surface area contributed by atoms with Crippen molar-refractivity contribution >= 4 is 17.6 Å². The van der Waals surface area contributed by atoms with Gasteiger partial charge in [-0.1, -0.05) is 60.7 Å². The second kappa shape index (κ2) is 7.10. The average Bonchev–Trinajstić information content (AvgIpc) is 2.53. The summed E-state index contributed by atoms with van der Waals surface area (Å²) in [4.78, 5) is 11.3. The van der Waals surface area contributed by atoms with Crippen molar-refractivity contribution in [3.63, 3.8) is 0 Å². The first-order chi connectivity index (χ1) is 9.79. The average molecular weight is 264 g/mol. The van der Waals surface area contributed by atoms with Gasteiger partial charge in [-0.3, -0.25) is 0 Å². The zero-order valence-electron chi connectivity index (χ0n) is 11.3. The van der Waals surface area contributed by atoms with Crippen LogP contribution in [0.4, 0.5) is 0 Å². The van der Waals surface area contributed by atoms with Crippen LogP contribution < -0.4 is 0 Å². The summed E-state index contributed by atoms with van der Waals surface area (Å²) in [5, 5.41) is 0. The Morgan fingerprint density at radius 1 is 0.900 bits per heavy atom. The maximum atomic E-state index is 11.3. The van der Waals surface area contributed by atoms with Crippen molar-refractivity contribution < 1.29 is 9.53 Å². The lowest BCUT2D eigenvalue weighted by molar-refractivity contribution is -0.134. The molecular weight excluding hydrogens is 248 g/mol. The molecular formula is C18H16O2. The van der Waals surface area contributed by atoms with Crippen LogP contribution in [0.5, 0.6) is 0 Å². The van der Waals surface area contributed by atoms with Gasteiger partial charge in [0.2, 0.25) is 0 Å². The summed E-state index contributed by atoms with van der Waals surface area (Å²) in [6.07, 6.45) is 5.24. The fourth-order valence-corrected chi connectivity index (χ4v) is 1.81. The van der Waals surface area contributed by atoms with Gasteiger partial charge in [0.05, 0.1) is 7.11 Å². The van der Waals surface area contributed by atoms with Crippen LogP contribution in [0.3, 0.4) is 0 Å². The first-order valence-electron chi connectivity index (χ1n) is 6.38. The molecule has 0 saturated carbocycles. The fourth-order valence-electron chi connectivity index (χ4n) is 1.81. The van der Waals surface area contributed by atoms with Gasteiger partial charge in [0, 0.05) is 6.08 Å². The Morgan fingerprint density at radius 2 is 1.50 bits per heavy atom. The number of ether oxygens (including phenoxy) is 1. The van der Waals surface area contributed by atoms with E-state index in [4.69, 9.17) is 0 Å². The number of hydrogen-bond acceptors (Lipinski definition) is 2. The quantitative estimate of drug-likeness (QED) is 0.361. The molecule has 2 rings (SSSR count). The molecule has 2 aromatic rings. The molecule has 0 unspecified atom stereocenters. The van der Waals surface area contributed by atoms with Gasteiger partial charge >= 0.3 is 5.97 Å². The minimum Gasteiger partial charge on any atom is -0.466 e. The van der Waals surface area contributed by atoms with Crippen molar-refractivity contribution in [2.24, 2.45) is 0 Å². The summed E-state index contributed by atoms with van der Waals surface area (Å²) in [5.41, 5.74) is 3.10. The van der Waals surface area contributed by atoms with E-state index in [0.717, 1.165) is 16.7 Å². The lowest BCUT2D eigenvalue weighted by atomic mass is 10.0. The monoisotopic (exact) mass is 264 g/mol. The third-order valence-electron chi connectivity index (χ3n) is 2.83. The normalized spacial score (nSPS) is 11.6. The third kappa shape index (κ3) is 3.95. The van der Waals surface area contributed by atoms with Gasteiger partial charge in [0.1, 0.15) is 0 Å². The molecule has 0 aliphatic rings. The standard InChI is InChI=1S/C18H16O2/c1-20-18(19)13-12-17(16-10-6-3-7-11-16)14-15-8-4-2-5-9-15/h2-14H,1H3/b13-12+,17-14-. The lowest BCUT2D eigenvalue weighted by Gasteiger charge is -2.03. The highest BCUT2D eigenvalue weighted by Crippen LogP contribution is 2.19. The maximum absolute atomic E-state index is 11.3. The molecule has 2 heteroatoms. The predicted octanol–water partition coefficient (Wildman–Crippen LogP) is 3.96. The molecule has 0 bridgehead atoms. The number of benzene rings is 2. The smallest absolute Gasteiger partial charge is 0.330 e. The molecule has 0 heterocycles. The molecule has 2 nitrogen and oxygen atoms in total. The SMILES string of the molecule is COC(=O)/C=C/C(=C/c1ccccc1)c1ccccc1. The minimum absolute atomic E-state index is 0.361. The lowest BCUT2D eigenvalue weighted by Crippen LogP contribution is -1.94. The van der Waals surface area contributed by atoms with Crippen molar-refractivity contribution in [1.82, 2.24) is 0 Å². The van der Waals surface area contributed by atoms with Crippen LogP contribution in [0.2, 0.25) is 0 Å². The number of rotatable bonds is 4. The highest BCUT2D eigenvalue weighted by Gasteiger charge is 1.99. The summed E-state index contributed by atoms with van der Waals surface area (Å²) in [6, 6.07) is 19.9. The Hall–Kier alpha value is -2.61. The minimum atomic E-state index is -0.361. The number of methoxy groups -OCH3 is 1.